The molecule has 0 aliphatic rings. The van der Waals surface area contributed by atoms with Crippen molar-refractivity contribution in [2.45, 2.75) is 4.90 Å². The number of ether oxygens (including phenoxy) is 2. The number of para-hydroxylation sites is 1. The zero-order chi connectivity index (χ0) is 18.4. The van der Waals surface area contributed by atoms with Gasteiger partial charge in [-0.1, -0.05) is 18.2 Å². The van der Waals surface area contributed by atoms with Crippen LogP contribution in [0.4, 0.5) is 5.69 Å². The van der Waals surface area contributed by atoms with Gasteiger partial charge in [0.25, 0.3) is 0 Å². The number of nitrogens with one attached hydrogen (secondary N) is 1. The Labute approximate surface area is 147 Å². The zero-order valence-corrected chi connectivity index (χ0v) is 15.0. The van der Waals surface area contributed by atoms with Crippen LogP contribution in [0.25, 0.3) is 6.08 Å². The van der Waals surface area contributed by atoms with Gasteiger partial charge in [-0.3, -0.25) is 4.79 Å². The summed E-state index contributed by atoms with van der Waals surface area (Å²) >= 11 is 0. The molecule has 1 N–H and O–H groups in total. The summed E-state index contributed by atoms with van der Waals surface area (Å²) in [5, 5.41) is 2.63. The highest BCUT2D eigenvalue weighted by molar-refractivity contribution is 7.90. The average Bonchev–Trinajstić information content (AvgIpc) is 2.59. The lowest BCUT2D eigenvalue weighted by Crippen LogP contribution is -2.08. The van der Waals surface area contributed by atoms with Gasteiger partial charge in [-0.25, -0.2) is 8.42 Å². The predicted octanol–water partition coefficient (Wildman–Crippen LogP) is 2.76. The van der Waals surface area contributed by atoms with Crippen molar-refractivity contribution >= 4 is 27.5 Å². The number of methoxy groups -OCH3 is 2. The van der Waals surface area contributed by atoms with E-state index in [0.717, 1.165) is 6.26 Å². The van der Waals surface area contributed by atoms with Gasteiger partial charge < -0.3 is 14.8 Å². The topological polar surface area (TPSA) is 81.7 Å². The molecule has 2 rings (SSSR count). The Kier molecular flexibility index (Phi) is 5.82. The monoisotopic (exact) mass is 361 g/mol. The van der Waals surface area contributed by atoms with Crippen LogP contribution in [-0.4, -0.2) is 34.8 Å². The minimum absolute atomic E-state index is 0.142. The van der Waals surface area contributed by atoms with E-state index < -0.39 is 15.7 Å². The Morgan fingerprint density at radius 3 is 2.44 bits per heavy atom. The maximum Gasteiger partial charge on any atom is 0.248 e. The largest absolute Gasteiger partial charge is 0.493 e. The second-order valence-corrected chi connectivity index (χ2v) is 7.22. The summed E-state index contributed by atoms with van der Waals surface area (Å²) in [6, 6.07) is 11.4. The maximum atomic E-state index is 12.1. The van der Waals surface area contributed by atoms with Crippen LogP contribution in [0.15, 0.2) is 53.4 Å². The Morgan fingerprint density at radius 2 is 1.80 bits per heavy atom. The first kappa shape index (κ1) is 18.5. The lowest BCUT2D eigenvalue weighted by Gasteiger charge is -2.09. The average molecular weight is 361 g/mol. The van der Waals surface area contributed by atoms with Gasteiger partial charge in [0.15, 0.2) is 21.3 Å². The van der Waals surface area contributed by atoms with Gasteiger partial charge in [0, 0.05) is 23.6 Å². The predicted molar refractivity (Wildman–Crippen MR) is 96.8 cm³/mol. The van der Waals surface area contributed by atoms with Crippen LogP contribution < -0.4 is 14.8 Å². The number of carbonyl (C=O) groups excluding carboxylic acids is 1. The highest BCUT2D eigenvalue weighted by atomic mass is 32.2. The molecule has 2 aromatic carbocycles. The second-order valence-electron chi connectivity index (χ2n) is 5.21. The molecule has 0 radical (unpaired) electrons. The first-order valence-electron chi connectivity index (χ1n) is 7.35. The van der Waals surface area contributed by atoms with Crippen LogP contribution in [0.2, 0.25) is 0 Å². The molecular weight excluding hydrogens is 342 g/mol. The van der Waals surface area contributed by atoms with Gasteiger partial charge in [0.1, 0.15) is 0 Å². The molecule has 0 unspecified atom stereocenters. The van der Waals surface area contributed by atoms with Crippen molar-refractivity contribution in [2.24, 2.45) is 0 Å². The summed E-state index contributed by atoms with van der Waals surface area (Å²) < 4.78 is 33.6. The molecule has 0 bridgehead atoms. The van der Waals surface area contributed by atoms with E-state index in [1.165, 1.54) is 32.4 Å². The molecule has 0 aliphatic carbocycles. The van der Waals surface area contributed by atoms with Gasteiger partial charge >= 0.3 is 0 Å². The van der Waals surface area contributed by atoms with Crippen molar-refractivity contribution in [1.82, 2.24) is 0 Å². The molecule has 7 heteroatoms. The van der Waals surface area contributed by atoms with Gasteiger partial charge in [0.05, 0.1) is 19.1 Å². The van der Waals surface area contributed by atoms with Crippen LogP contribution in [0.1, 0.15) is 5.56 Å². The minimum atomic E-state index is -3.33. The molecule has 0 saturated carbocycles. The van der Waals surface area contributed by atoms with E-state index in [4.69, 9.17) is 9.47 Å². The van der Waals surface area contributed by atoms with E-state index in [9.17, 15) is 13.2 Å². The Hall–Kier alpha value is -2.80. The van der Waals surface area contributed by atoms with Crippen LogP contribution in [0, 0.1) is 0 Å². The van der Waals surface area contributed by atoms with E-state index in [0.29, 0.717) is 22.7 Å². The lowest BCUT2D eigenvalue weighted by atomic mass is 10.1. The van der Waals surface area contributed by atoms with Crippen LogP contribution in [-0.2, 0) is 14.6 Å². The summed E-state index contributed by atoms with van der Waals surface area (Å²) in [6.07, 6.45) is 4.05. The third kappa shape index (κ3) is 4.84. The van der Waals surface area contributed by atoms with E-state index in [1.54, 1.807) is 36.4 Å². The highest BCUT2D eigenvalue weighted by Crippen LogP contribution is 2.31. The third-order valence-corrected chi connectivity index (χ3v) is 4.49. The lowest BCUT2D eigenvalue weighted by molar-refractivity contribution is -0.111. The molecule has 25 heavy (non-hydrogen) atoms. The second kappa shape index (κ2) is 7.85. The van der Waals surface area contributed by atoms with E-state index in [2.05, 4.69) is 5.32 Å². The normalized spacial score (nSPS) is 11.3. The molecule has 0 heterocycles. The summed E-state index contributed by atoms with van der Waals surface area (Å²) in [5.74, 6) is 0.689. The third-order valence-electron chi connectivity index (χ3n) is 3.38. The van der Waals surface area contributed by atoms with Crippen LogP contribution in [0.3, 0.4) is 0 Å². The summed E-state index contributed by atoms with van der Waals surface area (Å²) in [6.45, 7) is 0. The summed E-state index contributed by atoms with van der Waals surface area (Å²) in [5.41, 5.74) is 1.08. The number of sulfone groups is 1. The van der Waals surface area contributed by atoms with Crippen LogP contribution >= 0.6 is 0 Å². The Balaban J connectivity index is 2.17. The smallest absolute Gasteiger partial charge is 0.248 e. The molecule has 0 fully saturated rings. The van der Waals surface area contributed by atoms with Gasteiger partial charge in [-0.05, 0) is 30.3 Å². The van der Waals surface area contributed by atoms with E-state index >= 15 is 0 Å². The number of amides is 1. The van der Waals surface area contributed by atoms with E-state index in [-0.39, 0.29) is 4.90 Å². The number of hydrogen-bond acceptors (Lipinski definition) is 5. The number of carbonyl (C=O) groups is 1. The Bertz CT molecular complexity index is 903. The highest BCUT2D eigenvalue weighted by Gasteiger charge is 2.09. The fourth-order valence-corrected chi connectivity index (χ4v) is 2.86. The molecule has 6 nitrogen and oxygen atoms in total. The molecule has 0 aliphatic heterocycles. The summed E-state index contributed by atoms with van der Waals surface area (Å²) in [7, 11) is -0.278. The first-order valence-corrected chi connectivity index (χ1v) is 9.24. The number of anilines is 1. The molecule has 0 spiro atoms. The minimum Gasteiger partial charge on any atom is -0.493 e. The fraction of sp³-hybridized carbons (Fsp3) is 0.167. The molecule has 2 aromatic rings. The van der Waals surface area contributed by atoms with Crippen molar-refractivity contribution in [3.05, 3.63) is 54.1 Å². The Morgan fingerprint density at radius 1 is 1.08 bits per heavy atom. The SMILES string of the molecule is COc1cccc(/C=C/C(=O)Nc2cccc(S(C)(=O)=O)c2)c1OC. The standard InChI is InChI=1S/C18H19NO5S/c1-23-16-9-4-6-13(18(16)24-2)10-11-17(20)19-14-7-5-8-15(12-14)25(3,21)22/h4-12H,1-3H3,(H,19,20)/b11-10+. The molecule has 0 atom stereocenters. The molecular formula is C18H19NO5S. The fourth-order valence-electron chi connectivity index (χ4n) is 2.20. The van der Waals surface area contributed by atoms with Crippen molar-refractivity contribution in [1.29, 1.82) is 0 Å². The number of hydrogen-bond donors (Lipinski definition) is 1. The zero-order valence-electron chi connectivity index (χ0n) is 14.1. The van der Waals surface area contributed by atoms with Gasteiger partial charge in [-0.15, -0.1) is 0 Å². The first-order chi connectivity index (χ1) is 11.8. The number of rotatable bonds is 6. The molecule has 132 valence electrons. The molecule has 0 aromatic heterocycles. The quantitative estimate of drug-likeness (QED) is 0.800. The molecule has 0 saturated heterocycles. The van der Waals surface area contributed by atoms with Crippen LogP contribution in [0.5, 0.6) is 11.5 Å². The van der Waals surface area contributed by atoms with Crippen molar-refractivity contribution in [2.75, 3.05) is 25.8 Å². The van der Waals surface area contributed by atoms with Gasteiger partial charge in [-0.2, -0.15) is 0 Å². The van der Waals surface area contributed by atoms with Crippen molar-refractivity contribution < 1.29 is 22.7 Å². The maximum absolute atomic E-state index is 12.1. The van der Waals surface area contributed by atoms with Gasteiger partial charge in [0.2, 0.25) is 5.91 Å². The van der Waals surface area contributed by atoms with E-state index in [1.807, 2.05) is 0 Å². The van der Waals surface area contributed by atoms with Crippen molar-refractivity contribution in [3.8, 4) is 11.5 Å². The summed E-state index contributed by atoms with van der Waals surface area (Å²) in [4.78, 5) is 12.2. The number of benzene rings is 2. The molecule has 1 amide bonds. The van der Waals surface area contributed by atoms with Crippen molar-refractivity contribution in [3.63, 3.8) is 0 Å².